The first-order valence-electron chi connectivity index (χ1n) is 11.4. The number of esters is 1. The third kappa shape index (κ3) is 4.88. The number of nitro groups is 1. The van der Waals surface area contributed by atoms with Gasteiger partial charge in [-0.3, -0.25) is 19.7 Å². The van der Waals surface area contributed by atoms with Crippen LogP contribution < -0.4 is 4.90 Å². The van der Waals surface area contributed by atoms with E-state index in [4.69, 9.17) is 16.3 Å². The molecular formula is C28H23ClN2O6. The standard InChI is InChI=1S/C28H23ClN2O6/c1-28(2)21-10-6-7-11-23(21)30(3)25(28)15-18(32)16-37-27(34)20-9-5-4-8-19(20)26(33)17-12-13-22(29)24(14-17)31(35)36/h4-15H,16H2,1-3H3. The lowest BCUT2D eigenvalue weighted by Crippen LogP contribution is -2.25. The smallest absolute Gasteiger partial charge is 0.339 e. The van der Waals surface area contributed by atoms with Gasteiger partial charge in [0.05, 0.1) is 10.5 Å². The van der Waals surface area contributed by atoms with E-state index in [2.05, 4.69) is 0 Å². The van der Waals surface area contributed by atoms with E-state index in [0.717, 1.165) is 23.0 Å². The topological polar surface area (TPSA) is 107 Å². The van der Waals surface area contributed by atoms with Crippen molar-refractivity contribution in [3.05, 3.63) is 116 Å². The minimum Gasteiger partial charge on any atom is -0.454 e. The molecule has 3 aromatic carbocycles. The van der Waals surface area contributed by atoms with Crippen LogP contribution in [0.3, 0.4) is 0 Å². The van der Waals surface area contributed by atoms with Gasteiger partial charge in [0.1, 0.15) is 5.02 Å². The number of halogens is 1. The number of fused-ring (bicyclic) bond motifs is 1. The van der Waals surface area contributed by atoms with Gasteiger partial charge in [0.2, 0.25) is 0 Å². The third-order valence-corrected chi connectivity index (χ3v) is 6.70. The SMILES string of the molecule is CN1C(=CC(=O)COC(=O)c2ccccc2C(=O)c2ccc(Cl)c([N+](=O)[O-])c2)C(C)(C)c2ccccc21. The zero-order chi connectivity index (χ0) is 26.9. The summed E-state index contributed by atoms with van der Waals surface area (Å²) in [6, 6.07) is 17.4. The molecule has 0 radical (unpaired) electrons. The molecule has 1 aliphatic heterocycles. The number of likely N-dealkylation sites (N-methyl/N-ethyl adjacent to an activating group) is 1. The Morgan fingerprint density at radius 2 is 1.68 bits per heavy atom. The van der Waals surface area contributed by atoms with E-state index in [-0.39, 0.29) is 21.7 Å². The van der Waals surface area contributed by atoms with Crippen LogP contribution in [0.1, 0.15) is 45.7 Å². The van der Waals surface area contributed by atoms with Crippen LogP contribution in [-0.2, 0) is 14.9 Å². The van der Waals surface area contributed by atoms with Crippen molar-refractivity contribution in [2.45, 2.75) is 19.3 Å². The molecular weight excluding hydrogens is 496 g/mol. The van der Waals surface area contributed by atoms with E-state index in [1.54, 1.807) is 12.1 Å². The number of allylic oxidation sites excluding steroid dienone is 1. The summed E-state index contributed by atoms with van der Waals surface area (Å²) in [5.74, 6) is -1.89. The monoisotopic (exact) mass is 518 g/mol. The predicted octanol–water partition coefficient (Wildman–Crippen LogP) is 5.52. The second kappa shape index (κ2) is 9.99. The lowest BCUT2D eigenvalue weighted by molar-refractivity contribution is -0.384. The molecule has 0 atom stereocenters. The van der Waals surface area contributed by atoms with Crippen molar-refractivity contribution in [1.82, 2.24) is 0 Å². The maximum Gasteiger partial charge on any atom is 0.339 e. The Morgan fingerprint density at radius 3 is 2.35 bits per heavy atom. The van der Waals surface area contributed by atoms with Gasteiger partial charge in [0, 0.05) is 47.1 Å². The number of rotatable bonds is 7. The molecule has 0 aromatic heterocycles. The Balaban J connectivity index is 1.52. The predicted molar refractivity (Wildman–Crippen MR) is 139 cm³/mol. The van der Waals surface area contributed by atoms with E-state index in [1.807, 2.05) is 50.1 Å². The van der Waals surface area contributed by atoms with Crippen LogP contribution in [0.25, 0.3) is 0 Å². The Kier molecular flexibility index (Phi) is 6.96. The minimum absolute atomic E-state index is 0.0109. The molecule has 4 rings (SSSR count). The quantitative estimate of drug-likeness (QED) is 0.133. The van der Waals surface area contributed by atoms with Gasteiger partial charge >= 0.3 is 5.97 Å². The number of carbonyl (C=O) groups excluding carboxylic acids is 3. The van der Waals surface area contributed by atoms with E-state index in [1.165, 1.54) is 30.3 Å². The highest BCUT2D eigenvalue weighted by molar-refractivity contribution is 6.33. The largest absolute Gasteiger partial charge is 0.454 e. The highest BCUT2D eigenvalue weighted by atomic mass is 35.5. The lowest BCUT2D eigenvalue weighted by Gasteiger charge is -2.23. The molecule has 0 fully saturated rings. The van der Waals surface area contributed by atoms with Gasteiger partial charge in [-0.25, -0.2) is 4.79 Å². The van der Waals surface area contributed by atoms with Crippen LogP contribution in [0.2, 0.25) is 5.02 Å². The molecule has 0 saturated heterocycles. The number of carbonyl (C=O) groups is 3. The van der Waals surface area contributed by atoms with Crippen LogP contribution >= 0.6 is 11.6 Å². The first-order chi connectivity index (χ1) is 17.5. The van der Waals surface area contributed by atoms with E-state index < -0.39 is 40.2 Å². The van der Waals surface area contributed by atoms with Crippen molar-refractivity contribution < 1.29 is 24.0 Å². The van der Waals surface area contributed by atoms with Gasteiger partial charge < -0.3 is 9.64 Å². The van der Waals surface area contributed by atoms with E-state index >= 15 is 0 Å². The first-order valence-corrected chi connectivity index (χ1v) is 11.7. The zero-order valence-electron chi connectivity index (χ0n) is 20.4. The number of nitro benzene ring substituents is 1. The number of benzene rings is 3. The second-order valence-corrected chi connectivity index (χ2v) is 9.48. The highest BCUT2D eigenvalue weighted by Gasteiger charge is 2.38. The molecule has 8 nitrogen and oxygen atoms in total. The molecule has 37 heavy (non-hydrogen) atoms. The number of ketones is 2. The summed E-state index contributed by atoms with van der Waals surface area (Å²) in [6.45, 7) is 3.52. The van der Waals surface area contributed by atoms with E-state index in [9.17, 15) is 24.5 Å². The fraction of sp³-hybridized carbons (Fsp3) is 0.179. The molecule has 0 aliphatic carbocycles. The molecule has 188 valence electrons. The van der Waals surface area contributed by atoms with Gasteiger partial charge in [-0.1, -0.05) is 61.8 Å². The van der Waals surface area contributed by atoms with Crippen molar-refractivity contribution in [3.8, 4) is 0 Å². The minimum atomic E-state index is -0.860. The summed E-state index contributed by atoms with van der Waals surface area (Å²) in [6.07, 6.45) is 1.47. The Labute approximate surface area is 218 Å². The third-order valence-electron chi connectivity index (χ3n) is 6.38. The molecule has 0 bridgehead atoms. The van der Waals surface area contributed by atoms with Crippen molar-refractivity contribution in [2.75, 3.05) is 18.6 Å². The average molecular weight is 519 g/mol. The molecule has 0 N–H and O–H groups in total. The normalized spacial score (nSPS) is 14.8. The number of hydrogen-bond acceptors (Lipinski definition) is 7. The molecule has 0 unspecified atom stereocenters. The van der Waals surface area contributed by atoms with Crippen molar-refractivity contribution >= 4 is 40.5 Å². The van der Waals surface area contributed by atoms with Crippen molar-refractivity contribution in [1.29, 1.82) is 0 Å². The average Bonchev–Trinajstić information content (AvgIpc) is 3.07. The lowest BCUT2D eigenvalue weighted by atomic mass is 9.83. The Hall–Kier alpha value is -4.30. The van der Waals surface area contributed by atoms with Crippen LogP contribution in [0.5, 0.6) is 0 Å². The maximum atomic E-state index is 13.1. The molecule has 3 aromatic rings. The van der Waals surface area contributed by atoms with Crippen LogP contribution in [0.4, 0.5) is 11.4 Å². The molecule has 1 aliphatic rings. The maximum absolute atomic E-state index is 13.1. The molecule has 1 heterocycles. The van der Waals surface area contributed by atoms with Crippen molar-refractivity contribution in [3.63, 3.8) is 0 Å². The Morgan fingerprint density at radius 1 is 1.03 bits per heavy atom. The summed E-state index contributed by atoms with van der Waals surface area (Å²) in [4.78, 5) is 51.2. The van der Waals surface area contributed by atoms with Gasteiger partial charge in [0.25, 0.3) is 5.69 Å². The fourth-order valence-electron chi connectivity index (χ4n) is 4.48. The van der Waals surface area contributed by atoms with Crippen molar-refractivity contribution in [2.24, 2.45) is 0 Å². The molecule has 0 saturated carbocycles. The van der Waals surface area contributed by atoms with Gasteiger partial charge in [0.15, 0.2) is 18.2 Å². The molecule has 9 heteroatoms. The summed E-state index contributed by atoms with van der Waals surface area (Å²) >= 11 is 5.84. The van der Waals surface area contributed by atoms with Crippen LogP contribution in [0.15, 0.2) is 78.5 Å². The number of anilines is 1. The number of nitrogens with zero attached hydrogens (tertiary/aromatic N) is 2. The highest BCUT2D eigenvalue weighted by Crippen LogP contribution is 2.46. The summed E-state index contributed by atoms with van der Waals surface area (Å²) in [7, 11) is 1.88. The van der Waals surface area contributed by atoms with Gasteiger partial charge in [-0.15, -0.1) is 0 Å². The van der Waals surface area contributed by atoms with E-state index in [0.29, 0.717) is 0 Å². The summed E-state index contributed by atoms with van der Waals surface area (Å²) in [5.41, 5.74) is 1.94. The fourth-order valence-corrected chi connectivity index (χ4v) is 4.66. The Bertz CT molecular complexity index is 1480. The first kappa shape index (κ1) is 25.8. The zero-order valence-corrected chi connectivity index (χ0v) is 21.1. The number of hydrogen-bond donors (Lipinski definition) is 0. The van der Waals surface area contributed by atoms with Gasteiger partial charge in [-0.2, -0.15) is 0 Å². The van der Waals surface area contributed by atoms with Crippen LogP contribution in [-0.4, -0.2) is 36.1 Å². The summed E-state index contributed by atoms with van der Waals surface area (Å²) < 4.78 is 5.26. The number of ether oxygens (including phenoxy) is 1. The summed E-state index contributed by atoms with van der Waals surface area (Å²) in [5, 5.41) is 11.1. The molecule has 0 spiro atoms. The number of para-hydroxylation sites is 1. The molecule has 0 amide bonds. The van der Waals surface area contributed by atoms with Crippen LogP contribution in [0, 0.1) is 10.1 Å². The van der Waals surface area contributed by atoms with Gasteiger partial charge in [-0.05, 0) is 29.8 Å². The second-order valence-electron chi connectivity index (χ2n) is 9.07.